The number of carbonyl (C=O) groups is 6. The third kappa shape index (κ3) is 14.5. The largest absolute Gasteiger partial charge is 0.494 e. The molecule has 0 radical (unpaired) electrons. The van der Waals surface area contributed by atoms with Gasteiger partial charge in [-0.05, 0) is 123 Å². The molecule has 2 atom stereocenters. The van der Waals surface area contributed by atoms with E-state index in [0.29, 0.717) is 41.7 Å². The molecule has 5 aromatic rings. The van der Waals surface area contributed by atoms with Gasteiger partial charge in [-0.25, -0.2) is 0 Å². The Balaban J connectivity index is 1.26. The van der Waals surface area contributed by atoms with Crippen LogP contribution in [0.5, 0.6) is 11.5 Å². The van der Waals surface area contributed by atoms with Crippen molar-refractivity contribution in [1.29, 1.82) is 0 Å². The fourth-order valence-corrected chi connectivity index (χ4v) is 7.02. The predicted molar refractivity (Wildman–Crippen MR) is 264 cm³/mol. The van der Waals surface area contributed by atoms with E-state index in [1.54, 1.807) is 36.4 Å². The van der Waals surface area contributed by atoms with Crippen molar-refractivity contribution in [3.05, 3.63) is 129 Å². The summed E-state index contributed by atoms with van der Waals surface area (Å²) in [4.78, 5) is 78.6. The molecule has 0 saturated heterocycles. The van der Waals surface area contributed by atoms with E-state index in [-0.39, 0.29) is 61.6 Å². The lowest BCUT2D eigenvalue weighted by Gasteiger charge is -2.15. The van der Waals surface area contributed by atoms with E-state index in [0.717, 1.165) is 25.0 Å². The maximum Gasteiger partial charge on any atom is 0.258 e. The van der Waals surface area contributed by atoms with Crippen LogP contribution in [0.25, 0.3) is 0 Å². The molecule has 4 N–H and O–H groups in total. The van der Waals surface area contributed by atoms with Crippen LogP contribution in [0.4, 0.5) is 34.1 Å². The van der Waals surface area contributed by atoms with E-state index in [4.69, 9.17) is 67.5 Å². The van der Waals surface area contributed by atoms with Gasteiger partial charge >= 0.3 is 0 Å². The zero-order valence-electron chi connectivity index (χ0n) is 36.8. The Morgan fingerprint density at radius 1 is 0.529 bits per heavy atom. The standard InChI is InChI=1S/C47H43Cl5N8O8/c1-5-67-35-15-27(22-48)13-33(20-35)54-44(63)29-7-10-37(51)40(18-29)57-59-42(25(3)61)46(65)53-32-9-12-39(31(17-32)24-50)56-47(66)43(26(4)62)60-58-41-19-30(8-11-38(41)52)45(64)55-34-14-28(23-49)16-36(21-34)68-6-2/h7-21,42-43H,5-6,22-24H2,1-4H3,(H,53,65)(H,54,63)(H,55,64)(H,56,66). The number of alkyl halides is 3. The molecule has 354 valence electrons. The fraction of sp³-hybridized carbons (Fsp3) is 0.234. The Labute approximate surface area is 416 Å². The normalized spacial score (nSPS) is 12.0. The zero-order valence-corrected chi connectivity index (χ0v) is 40.6. The number of carbonyl (C=O) groups excluding carboxylic acids is 6. The minimum atomic E-state index is -1.64. The highest BCUT2D eigenvalue weighted by Gasteiger charge is 2.26. The predicted octanol–water partition coefficient (Wildman–Crippen LogP) is 11.9. The quantitative estimate of drug-likeness (QED) is 0.0314. The van der Waals surface area contributed by atoms with Gasteiger partial charge < -0.3 is 30.7 Å². The van der Waals surface area contributed by atoms with Crippen molar-refractivity contribution in [3.8, 4) is 11.5 Å². The average Bonchev–Trinajstić information content (AvgIpc) is 3.30. The molecule has 5 aromatic carbocycles. The molecule has 0 spiro atoms. The number of halogens is 5. The number of nitrogens with one attached hydrogen (secondary N) is 4. The van der Waals surface area contributed by atoms with E-state index in [9.17, 15) is 28.8 Å². The highest BCUT2D eigenvalue weighted by molar-refractivity contribution is 6.33. The molecule has 0 bridgehead atoms. The second-order valence-electron chi connectivity index (χ2n) is 14.5. The molecule has 0 aliphatic heterocycles. The minimum Gasteiger partial charge on any atom is -0.494 e. The molecule has 0 saturated carbocycles. The molecule has 68 heavy (non-hydrogen) atoms. The molecular formula is C47H43Cl5N8O8. The van der Waals surface area contributed by atoms with Crippen LogP contribution in [0.2, 0.25) is 10.0 Å². The zero-order chi connectivity index (χ0) is 49.5. The number of hydrogen-bond acceptors (Lipinski definition) is 12. The van der Waals surface area contributed by atoms with Crippen molar-refractivity contribution in [2.75, 3.05) is 34.5 Å². The molecule has 16 nitrogen and oxygen atoms in total. The smallest absolute Gasteiger partial charge is 0.258 e. The summed E-state index contributed by atoms with van der Waals surface area (Å²) in [5, 5.41) is 27.0. The van der Waals surface area contributed by atoms with E-state index < -0.39 is 47.3 Å². The van der Waals surface area contributed by atoms with Gasteiger partial charge in [0.05, 0.1) is 23.3 Å². The van der Waals surface area contributed by atoms with Crippen molar-refractivity contribution < 1.29 is 38.2 Å². The highest BCUT2D eigenvalue weighted by atomic mass is 35.5. The fourth-order valence-electron chi connectivity index (χ4n) is 6.18. The number of benzene rings is 5. The first-order valence-electron chi connectivity index (χ1n) is 20.6. The van der Waals surface area contributed by atoms with Crippen LogP contribution >= 0.6 is 58.0 Å². The van der Waals surface area contributed by atoms with Crippen molar-refractivity contribution in [3.63, 3.8) is 0 Å². The lowest BCUT2D eigenvalue weighted by molar-refractivity contribution is -0.127. The number of hydrogen-bond donors (Lipinski definition) is 4. The Hall–Kier alpha value is -6.43. The summed E-state index contributed by atoms with van der Waals surface area (Å²) in [5.41, 5.74) is 3.33. The summed E-state index contributed by atoms with van der Waals surface area (Å²) in [6.07, 6.45) is 0. The molecule has 0 fully saturated rings. The van der Waals surface area contributed by atoms with Crippen LogP contribution < -0.4 is 30.7 Å². The summed E-state index contributed by atoms with van der Waals surface area (Å²) in [6, 6.07) is 19.7. The molecule has 0 heterocycles. The first kappa shape index (κ1) is 52.5. The Morgan fingerprint density at radius 3 is 1.40 bits per heavy atom. The number of ether oxygens (including phenoxy) is 2. The number of Topliss-reactive ketones (excluding diaryl/α,β-unsaturated/α-hetero) is 2. The Bertz CT molecular complexity index is 2790. The summed E-state index contributed by atoms with van der Waals surface area (Å²) in [7, 11) is 0. The topological polar surface area (TPSA) is 218 Å². The molecule has 0 aromatic heterocycles. The maximum atomic E-state index is 13.5. The molecule has 21 heteroatoms. The lowest BCUT2D eigenvalue weighted by Crippen LogP contribution is -2.32. The van der Waals surface area contributed by atoms with E-state index in [1.807, 2.05) is 13.8 Å². The van der Waals surface area contributed by atoms with Gasteiger partial charge in [0.25, 0.3) is 23.6 Å². The van der Waals surface area contributed by atoms with Gasteiger partial charge in [-0.3, -0.25) is 28.8 Å². The molecule has 0 aliphatic rings. The van der Waals surface area contributed by atoms with Crippen LogP contribution in [-0.4, -0.2) is 60.5 Å². The number of nitrogens with zero attached hydrogens (tertiary/aromatic N) is 4. The van der Waals surface area contributed by atoms with Gasteiger partial charge in [-0.2, -0.15) is 20.5 Å². The molecule has 4 amide bonds. The van der Waals surface area contributed by atoms with Gasteiger partial charge in [0.2, 0.25) is 12.1 Å². The summed E-state index contributed by atoms with van der Waals surface area (Å²) < 4.78 is 11.1. The number of amides is 4. The maximum absolute atomic E-state index is 13.5. The average molecular weight is 1030 g/mol. The lowest BCUT2D eigenvalue weighted by atomic mass is 10.1. The summed E-state index contributed by atoms with van der Waals surface area (Å²) in [6.45, 7) is 6.78. The first-order chi connectivity index (χ1) is 32.5. The summed E-state index contributed by atoms with van der Waals surface area (Å²) >= 11 is 31.0. The monoisotopic (exact) mass is 1020 g/mol. The van der Waals surface area contributed by atoms with Crippen molar-refractivity contribution in [2.45, 2.75) is 57.4 Å². The SMILES string of the molecule is CCOc1cc(CCl)cc(NC(=O)c2ccc(Cl)c(N=NC(C(C)=O)C(=O)Nc3ccc(NC(=O)C(N=Nc4cc(C(=O)Nc5cc(CCl)cc(OCC)c5)ccc4Cl)C(C)=O)c(CCl)c3)c2)c1. The second kappa shape index (κ2) is 25.1. The molecule has 0 aliphatic carbocycles. The van der Waals surface area contributed by atoms with Gasteiger partial charge in [-0.1, -0.05) is 23.2 Å². The van der Waals surface area contributed by atoms with Gasteiger partial charge in [0.1, 0.15) is 22.9 Å². The van der Waals surface area contributed by atoms with Gasteiger partial charge in [0.15, 0.2) is 11.6 Å². The third-order valence-corrected chi connectivity index (χ3v) is 10.9. The second-order valence-corrected chi connectivity index (χ2v) is 16.2. The Morgan fingerprint density at radius 2 is 0.985 bits per heavy atom. The number of anilines is 4. The van der Waals surface area contributed by atoms with Crippen LogP contribution in [0.15, 0.2) is 111 Å². The Kier molecular flexibility index (Phi) is 19.4. The molecule has 2 unspecified atom stereocenters. The van der Waals surface area contributed by atoms with Crippen molar-refractivity contribution in [1.82, 2.24) is 0 Å². The van der Waals surface area contributed by atoms with Crippen LogP contribution in [0.1, 0.15) is 65.1 Å². The molecular weight excluding hydrogens is 982 g/mol. The van der Waals surface area contributed by atoms with E-state index in [1.165, 1.54) is 54.6 Å². The number of rotatable bonds is 21. The number of azo groups is 2. The van der Waals surface area contributed by atoms with E-state index >= 15 is 0 Å². The molecule has 5 rings (SSSR count). The summed E-state index contributed by atoms with van der Waals surface area (Å²) in [5.74, 6) is -2.80. The van der Waals surface area contributed by atoms with Crippen LogP contribution in [0.3, 0.4) is 0 Å². The van der Waals surface area contributed by atoms with Gasteiger partial charge in [-0.15, -0.1) is 34.8 Å². The highest BCUT2D eigenvalue weighted by Crippen LogP contribution is 2.31. The number of ketones is 2. The first-order valence-corrected chi connectivity index (χ1v) is 22.9. The van der Waals surface area contributed by atoms with Crippen LogP contribution in [-0.2, 0) is 36.8 Å². The van der Waals surface area contributed by atoms with Crippen LogP contribution in [0, 0.1) is 0 Å². The van der Waals surface area contributed by atoms with E-state index in [2.05, 4.69) is 41.7 Å². The van der Waals surface area contributed by atoms with Crippen molar-refractivity contribution >= 4 is 127 Å². The minimum absolute atomic E-state index is 0.00874. The third-order valence-electron chi connectivity index (χ3n) is 9.40. The van der Waals surface area contributed by atoms with Crippen molar-refractivity contribution in [2.24, 2.45) is 20.5 Å². The van der Waals surface area contributed by atoms with Gasteiger partial charge in [0, 0.05) is 63.6 Å².